The molecule has 0 aromatic heterocycles. The number of amides is 1. The maximum Gasteiger partial charge on any atom is 0.421 e. The van der Waals surface area contributed by atoms with Crippen molar-refractivity contribution in [1.82, 2.24) is 19.7 Å². The van der Waals surface area contributed by atoms with Crippen LogP contribution in [-0.2, 0) is 14.9 Å². The third-order valence-corrected chi connectivity index (χ3v) is 3.58. The van der Waals surface area contributed by atoms with Crippen molar-refractivity contribution < 1.29 is 17.9 Å². The van der Waals surface area contributed by atoms with Crippen LogP contribution in [0.3, 0.4) is 0 Å². The zero-order valence-corrected chi connectivity index (χ0v) is 11.3. The van der Waals surface area contributed by atoms with Crippen molar-refractivity contribution in [2.75, 3.05) is 46.4 Å². The number of methoxy groups -OCH3 is 1. The molecule has 0 aromatic rings. The number of nitrogens with zero attached hydrogens (tertiary/aromatic N) is 1. The molecule has 1 heterocycles. The van der Waals surface area contributed by atoms with E-state index in [4.69, 9.17) is 0 Å². The van der Waals surface area contributed by atoms with Gasteiger partial charge in [0.25, 0.3) is 0 Å². The molecule has 1 aliphatic heterocycles. The molecule has 0 spiro atoms. The molecule has 3 N–H and O–H groups in total. The molecule has 0 aromatic carbocycles. The molecule has 0 bridgehead atoms. The summed E-state index contributed by atoms with van der Waals surface area (Å²) in [6.07, 6.45) is -0.299. The second kappa shape index (κ2) is 7.52. The Morgan fingerprint density at radius 2 is 2.06 bits per heavy atom. The molecule has 106 valence electrons. The van der Waals surface area contributed by atoms with Crippen molar-refractivity contribution in [3.05, 3.63) is 0 Å². The van der Waals surface area contributed by atoms with Crippen molar-refractivity contribution in [1.29, 1.82) is 0 Å². The summed E-state index contributed by atoms with van der Waals surface area (Å²) in [5, 5.41) is 3.24. The summed E-state index contributed by atoms with van der Waals surface area (Å²) in [6, 6.07) is 0. The first-order valence-electron chi connectivity index (χ1n) is 5.82. The van der Waals surface area contributed by atoms with E-state index in [0.29, 0.717) is 6.42 Å². The molecule has 1 fully saturated rings. The Hall–Kier alpha value is -0.900. The number of piperazine rings is 1. The topological polar surface area (TPSA) is 99.8 Å². The number of carbonyl (C=O) groups excluding carboxylic acids is 1. The summed E-state index contributed by atoms with van der Waals surface area (Å²) in [7, 11) is -2.69. The molecule has 0 saturated carbocycles. The minimum atomic E-state index is -3.80. The van der Waals surface area contributed by atoms with Crippen LogP contribution in [0.2, 0.25) is 0 Å². The zero-order chi connectivity index (χ0) is 13.4. The van der Waals surface area contributed by atoms with Gasteiger partial charge in [0, 0.05) is 32.7 Å². The van der Waals surface area contributed by atoms with Gasteiger partial charge in [-0.15, -0.1) is 0 Å². The summed E-state index contributed by atoms with van der Waals surface area (Å²) in [5.74, 6) is 0. The van der Waals surface area contributed by atoms with Crippen LogP contribution >= 0.6 is 0 Å². The van der Waals surface area contributed by atoms with E-state index in [1.54, 1.807) is 4.72 Å². The average Bonchev–Trinajstić information content (AvgIpc) is 2.35. The number of hydrogen-bond donors (Lipinski definition) is 3. The van der Waals surface area contributed by atoms with Gasteiger partial charge in [-0.05, 0) is 13.0 Å². The average molecular weight is 280 g/mol. The van der Waals surface area contributed by atoms with Crippen LogP contribution in [0.5, 0.6) is 0 Å². The minimum Gasteiger partial charge on any atom is -0.452 e. The molecule has 18 heavy (non-hydrogen) atoms. The summed E-state index contributed by atoms with van der Waals surface area (Å²) >= 11 is 0. The molecule has 0 unspecified atom stereocenters. The highest BCUT2D eigenvalue weighted by Gasteiger charge is 2.14. The number of carbonyl (C=O) groups is 1. The predicted octanol–water partition coefficient (Wildman–Crippen LogP) is -1.53. The van der Waals surface area contributed by atoms with E-state index in [9.17, 15) is 13.2 Å². The van der Waals surface area contributed by atoms with Gasteiger partial charge in [-0.25, -0.2) is 9.52 Å². The Morgan fingerprint density at radius 3 is 2.67 bits per heavy atom. The molecular formula is C9H20N4O4S. The fourth-order valence-electron chi connectivity index (χ4n) is 1.63. The Kier molecular flexibility index (Phi) is 6.33. The molecule has 1 saturated heterocycles. The van der Waals surface area contributed by atoms with E-state index in [1.165, 1.54) is 0 Å². The number of nitrogens with one attached hydrogen (secondary N) is 3. The summed E-state index contributed by atoms with van der Waals surface area (Å²) in [5.41, 5.74) is 0. The lowest BCUT2D eigenvalue weighted by Gasteiger charge is -2.26. The first-order valence-corrected chi connectivity index (χ1v) is 7.30. The van der Waals surface area contributed by atoms with E-state index < -0.39 is 16.3 Å². The number of rotatable bonds is 6. The van der Waals surface area contributed by atoms with Crippen LogP contribution in [0, 0.1) is 0 Å². The Bertz CT molecular complexity index is 354. The van der Waals surface area contributed by atoms with Crippen molar-refractivity contribution >= 4 is 16.3 Å². The molecule has 1 aliphatic rings. The smallest absolute Gasteiger partial charge is 0.421 e. The summed E-state index contributed by atoms with van der Waals surface area (Å²) < 4.78 is 30.8. The van der Waals surface area contributed by atoms with Gasteiger partial charge < -0.3 is 15.0 Å². The van der Waals surface area contributed by atoms with Crippen LogP contribution < -0.4 is 14.8 Å². The normalized spacial score (nSPS) is 17.4. The molecule has 8 nitrogen and oxygen atoms in total. The third-order valence-electron chi connectivity index (χ3n) is 2.56. The fraction of sp³-hybridized carbons (Fsp3) is 0.889. The SMILES string of the molecule is COC(=O)NS(=O)(=O)NCCCN1CCNCC1. The standard InChI is InChI=1S/C9H20N4O4S/c1-17-9(14)12-18(15,16)11-3-2-6-13-7-4-10-5-8-13/h10-11H,2-8H2,1H3,(H,12,14). The second-order valence-corrected chi connectivity index (χ2v) is 5.44. The molecule has 0 radical (unpaired) electrons. The van der Waals surface area contributed by atoms with Crippen LogP contribution in [0.15, 0.2) is 0 Å². The lowest BCUT2D eigenvalue weighted by atomic mass is 10.3. The monoisotopic (exact) mass is 280 g/mol. The van der Waals surface area contributed by atoms with Gasteiger partial charge in [-0.1, -0.05) is 0 Å². The highest BCUT2D eigenvalue weighted by atomic mass is 32.2. The highest BCUT2D eigenvalue weighted by molar-refractivity contribution is 7.88. The predicted molar refractivity (Wildman–Crippen MR) is 66.4 cm³/mol. The fourth-order valence-corrected chi connectivity index (χ4v) is 2.42. The van der Waals surface area contributed by atoms with Gasteiger partial charge in [0.2, 0.25) is 0 Å². The quantitative estimate of drug-likeness (QED) is 0.511. The summed E-state index contributed by atoms with van der Waals surface area (Å²) in [6.45, 7) is 5.02. The lowest BCUT2D eigenvalue weighted by Crippen LogP contribution is -2.45. The Labute approximate surface area is 107 Å². The van der Waals surface area contributed by atoms with Crippen molar-refractivity contribution in [3.63, 3.8) is 0 Å². The largest absolute Gasteiger partial charge is 0.452 e. The van der Waals surface area contributed by atoms with Gasteiger partial charge in [-0.3, -0.25) is 0 Å². The maximum atomic E-state index is 11.3. The molecule has 9 heteroatoms. The van der Waals surface area contributed by atoms with Crippen LogP contribution in [0.4, 0.5) is 4.79 Å². The molecule has 1 amide bonds. The van der Waals surface area contributed by atoms with Gasteiger partial charge in [0.15, 0.2) is 0 Å². The Morgan fingerprint density at radius 1 is 1.39 bits per heavy atom. The van der Waals surface area contributed by atoms with E-state index >= 15 is 0 Å². The Balaban J connectivity index is 2.14. The minimum absolute atomic E-state index is 0.288. The van der Waals surface area contributed by atoms with Gasteiger partial charge in [-0.2, -0.15) is 13.1 Å². The first-order chi connectivity index (χ1) is 8.53. The summed E-state index contributed by atoms with van der Waals surface area (Å²) in [4.78, 5) is 13.0. The molecule has 0 atom stereocenters. The second-order valence-electron chi connectivity index (χ2n) is 3.94. The van der Waals surface area contributed by atoms with Gasteiger partial charge in [0.1, 0.15) is 0 Å². The molecular weight excluding hydrogens is 260 g/mol. The zero-order valence-electron chi connectivity index (χ0n) is 10.4. The lowest BCUT2D eigenvalue weighted by molar-refractivity contribution is 0.177. The maximum absolute atomic E-state index is 11.3. The van der Waals surface area contributed by atoms with Crippen molar-refractivity contribution in [2.24, 2.45) is 0 Å². The van der Waals surface area contributed by atoms with Crippen molar-refractivity contribution in [3.8, 4) is 0 Å². The van der Waals surface area contributed by atoms with Gasteiger partial charge in [0.05, 0.1) is 7.11 Å². The van der Waals surface area contributed by atoms with Crippen LogP contribution in [0.1, 0.15) is 6.42 Å². The van der Waals surface area contributed by atoms with Crippen LogP contribution in [0.25, 0.3) is 0 Å². The van der Waals surface area contributed by atoms with E-state index in [2.05, 4.69) is 19.7 Å². The van der Waals surface area contributed by atoms with E-state index in [1.807, 2.05) is 0 Å². The third kappa shape index (κ3) is 6.15. The van der Waals surface area contributed by atoms with E-state index in [-0.39, 0.29) is 6.54 Å². The van der Waals surface area contributed by atoms with Crippen molar-refractivity contribution in [2.45, 2.75) is 6.42 Å². The van der Waals surface area contributed by atoms with Crippen LogP contribution in [-0.4, -0.2) is 65.8 Å². The highest BCUT2D eigenvalue weighted by Crippen LogP contribution is 1.93. The number of ether oxygens (including phenoxy) is 1. The van der Waals surface area contributed by atoms with E-state index in [0.717, 1.165) is 39.8 Å². The number of hydrogen-bond acceptors (Lipinski definition) is 6. The molecule has 0 aliphatic carbocycles. The molecule has 1 rings (SSSR count). The van der Waals surface area contributed by atoms with Gasteiger partial charge >= 0.3 is 16.3 Å². The first kappa shape index (κ1) is 15.2.